The number of benzene rings is 1. The van der Waals surface area contributed by atoms with Crippen molar-refractivity contribution < 1.29 is 8.42 Å². The molecule has 1 fully saturated rings. The van der Waals surface area contributed by atoms with Gasteiger partial charge in [0.15, 0.2) is 9.84 Å². The Balaban J connectivity index is 2.48. The van der Waals surface area contributed by atoms with Crippen LogP contribution in [0.15, 0.2) is 29.2 Å². The third kappa shape index (κ3) is 1.67. The van der Waals surface area contributed by atoms with Gasteiger partial charge in [-0.2, -0.15) is 0 Å². The first-order valence-corrected chi connectivity index (χ1v) is 6.48. The van der Waals surface area contributed by atoms with Crippen LogP contribution < -0.4 is 5.32 Å². The number of hydrogen-bond acceptors (Lipinski definition) is 3. The Kier molecular flexibility index (Phi) is 2.33. The molecule has 1 aromatic carbocycles. The van der Waals surface area contributed by atoms with Crippen LogP contribution in [0.5, 0.6) is 0 Å². The van der Waals surface area contributed by atoms with E-state index in [1.165, 1.54) is 6.26 Å². The van der Waals surface area contributed by atoms with E-state index in [0.29, 0.717) is 10.8 Å². The summed E-state index contributed by atoms with van der Waals surface area (Å²) in [5.41, 5.74) is 0.953. The Morgan fingerprint density at radius 3 is 2.43 bits per heavy atom. The summed E-state index contributed by atoms with van der Waals surface area (Å²) in [7, 11) is -3.08. The molecule has 1 aliphatic heterocycles. The van der Waals surface area contributed by atoms with E-state index in [4.69, 9.17) is 0 Å². The van der Waals surface area contributed by atoms with Gasteiger partial charge in [-0.1, -0.05) is 18.2 Å². The molecule has 76 valence electrons. The highest BCUT2D eigenvalue weighted by atomic mass is 32.2. The Hall–Kier alpha value is -0.870. The first-order chi connectivity index (χ1) is 6.59. The molecule has 0 unspecified atom stereocenters. The Morgan fingerprint density at radius 1 is 1.29 bits per heavy atom. The van der Waals surface area contributed by atoms with Gasteiger partial charge in [-0.25, -0.2) is 8.42 Å². The van der Waals surface area contributed by atoms with E-state index in [1.54, 1.807) is 12.1 Å². The van der Waals surface area contributed by atoms with Crippen molar-refractivity contribution in [2.45, 2.75) is 10.8 Å². The zero-order chi connectivity index (χ0) is 10.2. The Morgan fingerprint density at radius 2 is 1.93 bits per heavy atom. The van der Waals surface area contributed by atoms with Gasteiger partial charge in [-0.15, -0.1) is 0 Å². The third-order valence-electron chi connectivity index (χ3n) is 2.54. The second kappa shape index (κ2) is 3.37. The average molecular weight is 211 g/mol. The van der Waals surface area contributed by atoms with Crippen molar-refractivity contribution in [1.29, 1.82) is 0 Å². The maximum absolute atomic E-state index is 11.5. The van der Waals surface area contributed by atoms with Gasteiger partial charge in [0.25, 0.3) is 0 Å². The Bertz CT molecular complexity index is 435. The van der Waals surface area contributed by atoms with Gasteiger partial charge in [0.1, 0.15) is 0 Å². The number of rotatable bonds is 2. The van der Waals surface area contributed by atoms with E-state index in [-0.39, 0.29) is 0 Å². The van der Waals surface area contributed by atoms with E-state index in [1.807, 2.05) is 12.1 Å². The second-order valence-corrected chi connectivity index (χ2v) is 5.65. The topological polar surface area (TPSA) is 46.2 Å². The number of sulfone groups is 1. The van der Waals surface area contributed by atoms with Crippen LogP contribution in [-0.2, 0) is 9.84 Å². The van der Waals surface area contributed by atoms with Crippen LogP contribution in [0, 0.1) is 0 Å². The number of hydrogen-bond donors (Lipinski definition) is 1. The van der Waals surface area contributed by atoms with Crippen LogP contribution >= 0.6 is 0 Å². The highest BCUT2D eigenvalue weighted by Gasteiger charge is 2.24. The monoisotopic (exact) mass is 211 g/mol. The van der Waals surface area contributed by atoms with Gasteiger partial charge in [0.2, 0.25) is 0 Å². The molecule has 0 spiro atoms. The molecule has 0 aliphatic carbocycles. The minimum absolute atomic E-state index is 0.362. The molecule has 14 heavy (non-hydrogen) atoms. The van der Waals surface area contributed by atoms with Crippen molar-refractivity contribution in [3.63, 3.8) is 0 Å². The van der Waals surface area contributed by atoms with Gasteiger partial charge in [-0.3, -0.25) is 0 Å². The molecule has 0 aromatic heterocycles. The second-order valence-electron chi connectivity index (χ2n) is 3.67. The van der Waals surface area contributed by atoms with Gasteiger partial charge in [0.05, 0.1) is 4.90 Å². The fraction of sp³-hybridized carbons (Fsp3) is 0.400. The zero-order valence-corrected chi connectivity index (χ0v) is 8.84. The minimum atomic E-state index is -3.08. The summed E-state index contributed by atoms with van der Waals surface area (Å²) in [6.07, 6.45) is 1.26. The van der Waals surface area contributed by atoms with Crippen LogP contribution in [0.3, 0.4) is 0 Å². The first-order valence-electron chi connectivity index (χ1n) is 4.59. The lowest BCUT2D eigenvalue weighted by Crippen LogP contribution is -2.40. The quantitative estimate of drug-likeness (QED) is 0.786. The normalized spacial score (nSPS) is 17.8. The molecule has 3 nitrogen and oxygen atoms in total. The molecule has 1 aromatic rings. The van der Waals surface area contributed by atoms with Crippen molar-refractivity contribution in [2.75, 3.05) is 19.3 Å². The third-order valence-corrected chi connectivity index (χ3v) is 3.71. The SMILES string of the molecule is CS(=O)(=O)c1ccccc1C1CNC1. The van der Waals surface area contributed by atoms with Gasteiger partial charge in [-0.05, 0) is 11.6 Å². The zero-order valence-electron chi connectivity index (χ0n) is 8.03. The summed E-state index contributed by atoms with van der Waals surface area (Å²) in [6.45, 7) is 1.76. The van der Waals surface area contributed by atoms with Crippen LogP contribution in [0.4, 0.5) is 0 Å². The molecule has 4 heteroatoms. The molecule has 0 amide bonds. The maximum atomic E-state index is 11.5. The van der Waals surface area contributed by atoms with Gasteiger partial charge >= 0.3 is 0 Å². The van der Waals surface area contributed by atoms with E-state index in [2.05, 4.69) is 5.32 Å². The molecule has 2 rings (SSSR count). The standard InChI is InChI=1S/C10H13NO2S/c1-14(12,13)10-5-3-2-4-9(10)8-6-11-7-8/h2-5,8,11H,6-7H2,1H3. The van der Waals surface area contributed by atoms with E-state index in [0.717, 1.165) is 18.7 Å². The molecule has 0 radical (unpaired) electrons. The lowest BCUT2D eigenvalue weighted by molar-refractivity contribution is 0.442. The summed E-state index contributed by atoms with van der Waals surface area (Å²) in [4.78, 5) is 0.478. The van der Waals surface area contributed by atoms with Crippen molar-refractivity contribution in [1.82, 2.24) is 5.32 Å². The largest absolute Gasteiger partial charge is 0.315 e. The summed E-state index contributed by atoms with van der Waals surface area (Å²) < 4.78 is 23.0. The van der Waals surface area contributed by atoms with Gasteiger partial charge < -0.3 is 5.32 Å². The summed E-state index contributed by atoms with van der Waals surface area (Å²) in [6, 6.07) is 7.25. The smallest absolute Gasteiger partial charge is 0.175 e. The molecule has 1 N–H and O–H groups in total. The highest BCUT2D eigenvalue weighted by molar-refractivity contribution is 7.90. The van der Waals surface area contributed by atoms with Crippen LogP contribution in [-0.4, -0.2) is 27.8 Å². The molecular weight excluding hydrogens is 198 g/mol. The molecule has 1 aliphatic rings. The summed E-state index contributed by atoms with van der Waals surface area (Å²) >= 11 is 0. The summed E-state index contributed by atoms with van der Waals surface area (Å²) in [5.74, 6) is 0.362. The minimum Gasteiger partial charge on any atom is -0.315 e. The molecule has 1 saturated heterocycles. The lowest BCUT2D eigenvalue weighted by atomic mass is 9.94. The van der Waals surface area contributed by atoms with E-state index in [9.17, 15) is 8.42 Å². The number of nitrogens with one attached hydrogen (secondary N) is 1. The van der Waals surface area contributed by atoms with Gasteiger partial charge in [0, 0.05) is 25.3 Å². The fourth-order valence-electron chi connectivity index (χ4n) is 1.66. The molecular formula is C10H13NO2S. The van der Waals surface area contributed by atoms with Crippen LogP contribution in [0.2, 0.25) is 0 Å². The van der Waals surface area contributed by atoms with Crippen molar-refractivity contribution in [2.24, 2.45) is 0 Å². The first kappa shape index (κ1) is 9.68. The van der Waals surface area contributed by atoms with Crippen molar-refractivity contribution in [3.05, 3.63) is 29.8 Å². The van der Waals surface area contributed by atoms with E-state index >= 15 is 0 Å². The fourth-order valence-corrected chi connectivity index (χ4v) is 2.65. The molecule has 0 saturated carbocycles. The Labute approximate surface area is 84.1 Å². The summed E-state index contributed by atoms with van der Waals surface area (Å²) in [5, 5.41) is 3.14. The predicted octanol–water partition coefficient (Wildman–Crippen LogP) is 0.777. The van der Waals surface area contributed by atoms with Crippen molar-refractivity contribution >= 4 is 9.84 Å². The molecule has 0 atom stereocenters. The predicted molar refractivity (Wildman–Crippen MR) is 55.2 cm³/mol. The highest BCUT2D eigenvalue weighted by Crippen LogP contribution is 2.26. The molecule has 1 heterocycles. The lowest BCUT2D eigenvalue weighted by Gasteiger charge is -2.28. The van der Waals surface area contributed by atoms with E-state index < -0.39 is 9.84 Å². The van der Waals surface area contributed by atoms with Crippen LogP contribution in [0.1, 0.15) is 11.5 Å². The average Bonchev–Trinajstić information content (AvgIpc) is 2.00. The van der Waals surface area contributed by atoms with Crippen LogP contribution in [0.25, 0.3) is 0 Å². The molecule has 0 bridgehead atoms. The van der Waals surface area contributed by atoms with Crippen molar-refractivity contribution in [3.8, 4) is 0 Å². The maximum Gasteiger partial charge on any atom is 0.175 e.